The van der Waals surface area contributed by atoms with Crippen molar-refractivity contribution in [3.63, 3.8) is 0 Å². The largest absolute Gasteiger partial charge is 0.380 e. The van der Waals surface area contributed by atoms with Crippen LogP contribution >= 0.6 is 24.0 Å². The van der Waals surface area contributed by atoms with Gasteiger partial charge in [-0.05, 0) is 24.6 Å². The summed E-state index contributed by atoms with van der Waals surface area (Å²) in [5, 5.41) is 6.27. The van der Waals surface area contributed by atoms with Crippen molar-refractivity contribution in [1.82, 2.24) is 10.6 Å². The number of nitrogens with zero attached hydrogens (tertiary/aromatic N) is 2. The Morgan fingerprint density at radius 1 is 1.32 bits per heavy atom. The summed E-state index contributed by atoms with van der Waals surface area (Å²) < 4.78 is 19.1. The number of hydrogen-bond acceptors (Lipinski definition) is 3. The summed E-state index contributed by atoms with van der Waals surface area (Å²) in [5.41, 5.74) is 1.45. The Hall–Kier alpha value is -1.09. The molecule has 0 aromatic heterocycles. The molecule has 1 aromatic carbocycles. The van der Waals surface area contributed by atoms with Crippen LogP contribution in [0, 0.1) is 5.82 Å². The normalized spacial score (nSPS) is 10.9. The van der Waals surface area contributed by atoms with Crippen LogP contribution in [0.25, 0.3) is 0 Å². The van der Waals surface area contributed by atoms with Crippen molar-refractivity contribution in [1.29, 1.82) is 0 Å². The number of benzene rings is 1. The summed E-state index contributed by atoms with van der Waals surface area (Å²) in [6.45, 7) is 4.48. The maximum Gasteiger partial charge on any atom is 0.191 e. The second kappa shape index (κ2) is 11.5. The maximum absolute atomic E-state index is 13.9. The van der Waals surface area contributed by atoms with Gasteiger partial charge in [0.25, 0.3) is 0 Å². The summed E-state index contributed by atoms with van der Waals surface area (Å²) in [7, 11) is 5.34. The molecule has 0 spiro atoms. The number of halogens is 2. The number of hydrogen-bond donors (Lipinski definition) is 2. The molecule has 0 unspecified atom stereocenters. The zero-order valence-electron chi connectivity index (χ0n) is 13.6. The minimum atomic E-state index is -0.224. The van der Waals surface area contributed by atoms with Crippen molar-refractivity contribution < 1.29 is 9.13 Å². The Bertz CT molecular complexity index is 469. The molecular weight excluding hydrogens is 398 g/mol. The van der Waals surface area contributed by atoms with E-state index in [1.165, 1.54) is 6.07 Å². The topological polar surface area (TPSA) is 48.9 Å². The lowest BCUT2D eigenvalue weighted by molar-refractivity contribution is 0.152. The van der Waals surface area contributed by atoms with Crippen molar-refractivity contribution in [3.8, 4) is 0 Å². The van der Waals surface area contributed by atoms with Gasteiger partial charge in [0, 0.05) is 40.8 Å². The Labute approximate surface area is 149 Å². The molecule has 0 heterocycles. The Morgan fingerprint density at radius 2 is 2.05 bits per heavy atom. The van der Waals surface area contributed by atoms with E-state index in [1.54, 1.807) is 18.0 Å². The smallest absolute Gasteiger partial charge is 0.191 e. The van der Waals surface area contributed by atoms with Gasteiger partial charge in [0.2, 0.25) is 0 Å². The predicted octanol–water partition coefficient (Wildman–Crippen LogP) is 2.21. The minimum absolute atomic E-state index is 0. The predicted molar refractivity (Wildman–Crippen MR) is 101 cm³/mol. The van der Waals surface area contributed by atoms with E-state index in [2.05, 4.69) is 15.6 Å². The molecule has 0 radical (unpaired) electrons. The van der Waals surface area contributed by atoms with E-state index in [-0.39, 0.29) is 29.8 Å². The number of rotatable bonds is 7. The highest BCUT2D eigenvalue weighted by molar-refractivity contribution is 14.0. The Balaban J connectivity index is 0.00000441. The van der Waals surface area contributed by atoms with Gasteiger partial charge in [-0.3, -0.25) is 4.99 Å². The van der Waals surface area contributed by atoms with E-state index in [1.807, 2.05) is 27.1 Å². The van der Waals surface area contributed by atoms with Crippen LogP contribution in [-0.2, 0) is 11.3 Å². The average Bonchev–Trinajstić information content (AvgIpc) is 2.46. The zero-order chi connectivity index (χ0) is 15.7. The van der Waals surface area contributed by atoms with Crippen LogP contribution in [0.4, 0.5) is 10.1 Å². The first-order chi connectivity index (χ1) is 10.1. The molecule has 0 fully saturated rings. The fourth-order valence-corrected chi connectivity index (χ4v) is 1.82. The van der Waals surface area contributed by atoms with Crippen molar-refractivity contribution in [2.75, 3.05) is 45.8 Å². The van der Waals surface area contributed by atoms with Gasteiger partial charge in [0.1, 0.15) is 5.82 Å². The van der Waals surface area contributed by atoms with E-state index in [4.69, 9.17) is 4.74 Å². The number of guanidine groups is 1. The number of aliphatic imine (C=N–C) groups is 1. The van der Waals surface area contributed by atoms with Crippen LogP contribution in [0.1, 0.15) is 12.5 Å². The highest BCUT2D eigenvalue weighted by Gasteiger charge is 2.05. The molecule has 0 atom stereocenters. The quantitative estimate of drug-likeness (QED) is 0.305. The van der Waals surface area contributed by atoms with Crippen LogP contribution in [0.2, 0.25) is 0 Å². The summed E-state index contributed by atoms with van der Waals surface area (Å²) in [5.74, 6) is 0.449. The van der Waals surface area contributed by atoms with E-state index < -0.39 is 0 Å². The highest BCUT2D eigenvalue weighted by Crippen LogP contribution is 2.18. The second-order valence-corrected chi connectivity index (χ2v) is 4.73. The van der Waals surface area contributed by atoms with Crippen molar-refractivity contribution >= 4 is 35.6 Å². The van der Waals surface area contributed by atoms with Crippen LogP contribution in [0.15, 0.2) is 23.2 Å². The molecule has 0 bridgehead atoms. The van der Waals surface area contributed by atoms with Gasteiger partial charge in [-0.2, -0.15) is 0 Å². The van der Waals surface area contributed by atoms with Gasteiger partial charge in [-0.15, -0.1) is 24.0 Å². The van der Waals surface area contributed by atoms with Crippen molar-refractivity contribution in [2.24, 2.45) is 4.99 Å². The van der Waals surface area contributed by atoms with Crippen molar-refractivity contribution in [3.05, 3.63) is 29.6 Å². The maximum atomic E-state index is 13.9. The summed E-state index contributed by atoms with van der Waals surface area (Å²) in [4.78, 5) is 5.86. The molecule has 126 valence electrons. The lowest BCUT2D eigenvalue weighted by atomic mass is 10.2. The minimum Gasteiger partial charge on any atom is -0.380 e. The molecule has 0 saturated carbocycles. The SMILES string of the molecule is CCOCCNC(=NC)NCc1ccc(N(C)C)c(F)c1.I. The highest BCUT2D eigenvalue weighted by atomic mass is 127. The number of ether oxygens (including phenoxy) is 1. The summed E-state index contributed by atoms with van der Waals surface area (Å²) in [6, 6.07) is 5.21. The Kier molecular flexibility index (Phi) is 10.9. The molecule has 1 rings (SSSR count). The average molecular weight is 424 g/mol. The molecule has 0 aliphatic carbocycles. The lowest BCUT2D eigenvalue weighted by Gasteiger charge is -2.15. The van der Waals surface area contributed by atoms with Gasteiger partial charge in [0.15, 0.2) is 5.96 Å². The Morgan fingerprint density at radius 3 is 2.59 bits per heavy atom. The first-order valence-corrected chi connectivity index (χ1v) is 7.06. The molecule has 1 aromatic rings. The zero-order valence-corrected chi connectivity index (χ0v) is 16.0. The third-order valence-electron chi connectivity index (χ3n) is 2.92. The third-order valence-corrected chi connectivity index (χ3v) is 2.92. The van der Waals surface area contributed by atoms with Gasteiger partial charge < -0.3 is 20.3 Å². The van der Waals surface area contributed by atoms with Crippen LogP contribution < -0.4 is 15.5 Å². The van der Waals surface area contributed by atoms with E-state index in [0.717, 1.165) is 5.56 Å². The summed E-state index contributed by atoms with van der Waals surface area (Å²) >= 11 is 0. The number of nitrogens with one attached hydrogen (secondary N) is 2. The molecule has 7 heteroatoms. The monoisotopic (exact) mass is 424 g/mol. The lowest BCUT2D eigenvalue weighted by Crippen LogP contribution is -2.38. The molecule has 5 nitrogen and oxygen atoms in total. The molecule has 0 aliphatic rings. The van der Waals surface area contributed by atoms with E-state index in [9.17, 15) is 4.39 Å². The molecule has 0 saturated heterocycles. The first kappa shape index (κ1) is 20.9. The van der Waals surface area contributed by atoms with Gasteiger partial charge >= 0.3 is 0 Å². The van der Waals surface area contributed by atoms with Crippen molar-refractivity contribution in [2.45, 2.75) is 13.5 Å². The summed E-state index contributed by atoms with van der Waals surface area (Å²) in [6.07, 6.45) is 0. The standard InChI is InChI=1S/C15H25FN4O.HI/c1-5-21-9-8-18-15(17-2)19-11-12-6-7-14(20(3)4)13(16)10-12;/h6-7,10H,5,8-9,11H2,1-4H3,(H2,17,18,19);1H. The van der Waals surface area contributed by atoms with Crippen LogP contribution in [0.3, 0.4) is 0 Å². The molecular formula is C15H26FIN4O. The third kappa shape index (κ3) is 7.26. The first-order valence-electron chi connectivity index (χ1n) is 7.06. The van der Waals surface area contributed by atoms with Gasteiger partial charge in [-0.25, -0.2) is 4.39 Å². The van der Waals surface area contributed by atoms with Gasteiger partial charge in [0.05, 0.1) is 12.3 Å². The molecule has 0 amide bonds. The number of anilines is 1. The van der Waals surface area contributed by atoms with E-state index in [0.29, 0.717) is 38.0 Å². The molecule has 22 heavy (non-hydrogen) atoms. The second-order valence-electron chi connectivity index (χ2n) is 4.73. The fraction of sp³-hybridized carbons (Fsp3) is 0.533. The van der Waals surface area contributed by atoms with Crippen LogP contribution in [0.5, 0.6) is 0 Å². The van der Waals surface area contributed by atoms with Gasteiger partial charge in [-0.1, -0.05) is 6.07 Å². The van der Waals surface area contributed by atoms with E-state index >= 15 is 0 Å². The molecule has 2 N–H and O–H groups in total. The molecule has 0 aliphatic heterocycles. The van der Waals surface area contributed by atoms with Crippen LogP contribution in [-0.4, -0.2) is 46.9 Å². The fourth-order valence-electron chi connectivity index (χ4n) is 1.82.